The fourth-order valence-electron chi connectivity index (χ4n) is 2.05. The van der Waals surface area contributed by atoms with Gasteiger partial charge in [-0.05, 0) is 18.2 Å². The van der Waals surface area contributed by atoms with Crippen molar-refractivity contribution in [2.75, 3.05) is 0 Å². The first kappa shape index (κ1) is 14.3. The molecule has 0 unspecified atom stereocenters. The van der Waals surface area contributed by atoms with Crippen molar-refractivity contribution >= 4 is 39.4 Å². The van der Waals surface area contributed by atoms with Crippen molar-refractivity contribution in [2.24, 2.45) is 0 Å². The number of hydrogen-bond donors (Lipinski definition) is 2. The van der Waals surface area contributed by atoms with Crippen LogP contribution in [0.1, 0.15) is 13.3 Å². The Morgan fingerprint density at radius 1 is 1.45 bits per heavy atom. The molecule has 0 bridgehead atoms. The Balaban J connectivity index is 2.41. The van der Waals surface area contributed by atoms with Crippen LogP contribution >= 0.6 is 11.6 Å². The lowest BCUT2D eigenvalue weighted by Gasteiger charge is -2.08. The van der Waals surface area contributed by atoms with E-state index in [2.05, 4.69) is 15.2 Å². The van der Waals surface area contributed by atoms with E-state index in [9.17, 15) is 14.7 Å². The Labute approximate surface area is 128 Å². The lowest BCUT2D eigenvalue weighted by Crippen LogP contribution is -2.14. The molecule has 0 aliphatic heterocycles. The monoisotopic (exact) mass is 319 g/mol. The van der Waals surface area contributed by atoms with Crippen molar-refractivity contribution < 1.29 is 14.6 Å². The zero-order valence-electron chi connectivity index (χ0n) is 11.4. The van der Waals surface area contributed by atoms with Crippen LogP contribution in [-0.4, -0.2) is 26.3 Å². The largest absolute Gasteiger partial charge is 0.506 e. The summed E-state index contributed by atoms with van der Waals surface area (Å²) in [6.07, 6.45) is 0.125. The van der Waals surface area contributed by atoms with Crippen molar-refractivity contribution in [3.05, 3.63) is 33.6 Å². The first-order chi connectivity index (χ1) is 10.5. The van der Waals surface area contributed by atoms with Gasteiger partial charge in [0.2, 0.25) is 0 Å². The lowest BCUT2D eigenvalue weighted by molar-refractivity contribution is -0.134. The summed E-state index contributed by atoms with van der Waals surface area (Å²) in [6, 6.07) is 4.66. The summed E-state index contributed by atoms with van der Waals surface area (Å²) in [5.74, 6) is -0.978. The molecule has 0 radical (unpaired) electrons. The maximum absolute atomic E-state index is 11.9. The highest BCUT2D eigenvalue weighted by molar-refractivity contribution is 6.31. The standard InChI is InChI=1S/C14H10ClN3O4/c1-2-9(19)22-14-10-11(13(21)17-18-14)16-8-5-6(15)3-4-7(8)12(10)20/h3-5H,2H2,1H3,(H,16,20)(H,17,21). The third-order valence-corrected chi connectivity index (χ3v) is 3.34. The Kier molecular flexibility index (Phi) is 3.42. The second-order valence-electron chi connectivity index (χ2n) is 4.53. The first-order valence-corrected chi connectivity index (χ1v) is 6.80. The fraction of sp³-hybridized carbons (Fsp3) is 0.143. The summed E-state index contributed by atoms with van der Waals surface area (Å²) in [6.45, 7) is 1.62. The number of hydrogen-bond acceptors (Lipinski definition) is 6. The summed E-state index contributed by atoms with van der Waals surface area (Å²) in [5, 5.41) is 17.1. The fourth-order valence-corrected chi connectivity index (χ4v) is 2.22. The number of H-pyrrole nitrogens is 1. The van der Waals surface area contributed by atoms with Gasteiger partial charge in [0, 0.05) is 16.8 Å². The predicted molar refractivity (Wildman–Crippen MR) is 80.3 cm³/mol. The molecule has 0 aliphatic carbocycles. The van der Waals surface area contributed by atoms with Crippen LogP contribution in [0.3, 0.4) is 0 Å². The molecule has 2 aromatic heterocycles. The number of fused-ring (bicyclic) bond motifs is 2. The molecule has 0 spiro atoms. The van der Waals surface area contributed by atoms with Gasteiger partial charge in [-0.2, -0.15) is 0 Å². The minimum absolute atomic E-state index is 0.0135. The number of rotatable bonds is 2. The highest BCUT2D eigenvalue weighted by atomic mass is 35.5. The highest BCUT2D eigenvalue weighted by Crippen LogP contribution is 2.35. The SMILES string of the molecule is CCC(=O)Oc1n[nH]c(=O)c2nc3cc(Cl)ccc3c(O)c12. The molecular formula is C14H10ClN3O4. The van der Waals surface area contributed by atoms with Gasteiger partial charge in [-0.15, -0.1) is 5.10 Å². The minimum atomic E-state index is -0.608. The number of carbonyl (C=O) groups excluding carboxylic acids is 1. The summed E-state index contributed by atoms with van der Waals surface area (Å²) >= 11 is 5.89. The van der Waals surface area contributed by atoms with Gasteiger partial charge in [0.25, 0.3) is 11.4 Å². The van der Waals surface area contributed by atoms with Crippen LogP contribution in [0.4, 0.5) is 0 Å². The van der Waals surface area contributed by atoms with Gasteiger partial charge in [-0.1, -0.05) is 18.5 Å². The molecule has 0 fully saturated rings. The number of esters is 1. The van der Waals surface area contributed by atoms with E-state index in [1.807, 2.05) is 0 Å². The molecule has 2 N–H and O–H groups in total. The molecule has 3 rings (SSSR count). The Morgan fingerprint density at radius 2 is 2.23 bits per heavy atom. The molecule has 3 aromatic rings. The van der Waals surface area contributed by atoms with Gasteiger partial charge in [-0.25, -0.2) is 10.1 Å². The van der Waals surface area contributed by atoms with Gasteiger partial charge < -0.3 is 9.84 Å². The smallest absolute Gasteiger partial charge is 0.312 e. The number of halogens is 1. The van der Waals surface area contributed by atoms with Crippen molar-refractivity contribution in [1.29, 1.82) is 0 Å². The number of carbonyl (C=O) groups is 1. The van der Waals surface area contributed by atoms with Crippen molar-refractivity contribution in [2.45, 2.75) is 13.3 Å². The van der Waals surface area contributed by atoms with E-state index in [4.69, 9.17) is 16.3 Å². The van der Waals surface area contributed by atoms with Gasteiger partial charge in [0.15, 0.2) is 0 Å². The number of aromatic hydroxyl groups is 1. The normalized spacial score (nSPS) is 11.0. The second kappa shape index (κ2) is 5.27. The molecule has 0 amide bonds. The van der Waals surface area contributed by atoms with Gasteiger partial charge in [0.05, 0.1) is 5.52 Å². The van der Waals surface area contributed by atoms with Crippen molar-refractivity contribution in [3.8, 4) is 11.6 Å². The number of benzene rings is 1. The summed E-state index contributed by atoms with van der Waals surface area (Å²) in [7, 11) is 0. The van der Waals surface area contributed by atoms with E-state index in [1.54, 1.807) is 19.1 Å². The third-order valence-electron chi connectivity index (χ3n) is 3.11. The van der Waals surface area contributed by atoms with E-state index in [-0.39, 0.29) is 29.0 Å². The first-order valence-electron chi connectivity index (χ1n) is 6.42. The molecule has 1 aromatic carbocycles. The summed E-state index contributed by atoms with van der Waals surface area (Å²) in [5.41, 5.74) is -0.341. The van der Waals surface area contributed by atoms with E-state index in [0.29, 0.717) is 15.9 Å². The molecule has 112 valence electrons. The minimum Gasteiger partial charge on any atom is -0.506 e. The van der Waals surface area contributed by atoms with Crippen LogP contribution in [0.15, 0.2) is 23.0 Å². The van der Waals surface area contributed by atoms with Crippen LogP contribution in [0, 0.1) is 0 Å². The third kappa shape index (κ3) is 2.25. The van der Waals surface area contributed by atoms with Crippen molar-refractivity contribution in [3.63, 3.8) is 0 Å². The van der Waals surface area contributed by atoms with Gasteiger partial charge in [-0.3, -0.25) is 9.59 Å². The number of nitrogens with zero attached hydrogens (tertiary/aromatic N) is 2. The number of pyridine rings is 1. The Morgan fingerprint density at radius 3 is 2.95 bits per heavy atom. The van der Waals surface area contributed by atoms with Crippen LogP contribution in [0.25, 0.3) is 21.8 Å². The maximum Gasteiger partial charge on any atom is 0.312 e. The second-order valence-corrected chi connectivity index (χ2v) is 4.97. The Bertz CT molecular complexity index is 968. The van der Waals surface area contributed by atoms with E-state index in [0.717, 1.165) is 0 Å². The van der Waals surface area contributed by atoms with E-state index < -0.39 is 11.5 Å². The molecule has 0 saturated carbocycles. The topological polar surface area (TPSA) is 105 Å². The molecular weight excluding hydrogens is 310 g/mol. The number of aromatic amines is 1. The van der Waals surface area contributed by atoms with E-state index >= 15 is 0 Å². The molecule has 0 saturated heterocycles. The zero-order valence-corrected chi connectivity index (χ0v) is 12.1. The number of aromatic nitrogens is 3. The average Bonchev–Trinajstić information content (AvgIpc) is 2.50. The lowest BCUT2D eigenvalue weighted by atomic mass is 10.1. The molecule has 22 heavy (non-hydrogen) atoms. The van der Waals surface area contributed by atoms with Crippen molar-refractivity contribution in [1.82, 2.24) is 15.2 Å². The quantitative estimate of drug-likeness (QED) is 0.554. The number of nitrogens with one attached hydrogen (secondary N) is 1. The van der Waals surface area contributed by atoms with E-state index in [1.165, 1.54) is 6.07 Å². The zero-order chi connectivity index (χ0) is 15.9. The Hall–Kier alpha value is -2.67. The van der Waals surface area contributed by atoms with Gasteiger partial charge in [0.1, 0.15) is 16.7 Å². The summed E-state index contributed by atoms with van der Waals surface area (Å²) < 4.78 is 5.04. The molecule has 8 heteroatoms. The predicted octanol–water partition coefficient (Wildman–Crippen LogP) is 2.15. The maximum atomic E-state index is 11.9. The molecule has 0 aliphatic rings. The van der Waals surface area contributed by atoms with Crippen LogP contribution in [0.5, 0.6) is 11.6 Å². The molecule has 0 atom stereocenters. The highest BCUT2D eigenvalue weighted by Gasteiger charge is 2.18. The summed E-state index contributed by atoms with van der Waals surface area (Å²) in [4.78, 5) is 27.5. The van der Waals surface area contributed by atoms with Crippen LogP contribution < -0.4 is 10.3 Å². The number of ether oxygens (including phenoxy) is 1. The van der Waals surface area contributed by atoms with Crippen LogP contribution in [0.2, 0.25) is 5.02 Å². The van der Waals surface area contributed by atoms with Crippen LogP contribution in [-0.2, 0) is 4.79 Å². The van der Waals surface area contributed by atoms with Gasteiger partial charge >= 0.3 is 5.97 Å². The average molecular weight is 320 g/mol. The molecule has 2 heterocycles. The molecule has 7 nitrogen and oxygen atoms in total.